The van der Waals surface area contributed by atoms with Crippen LogP contribution in [0, 0.1) is 0 Å². The molecule has 1 amide bonds. The Hall–Kier alpha value is -1.40. The molecule has 0 aliphatic carbocycles. The Balaban J connectivity index is 2.19. The van der Waals surface area contributed by atoms with Crippen LogP contribution in [0.5, 0.6) is 0 Å². The van der Waals surface area contributed by atoms with Crippen molar-refractivity contribution < 1.29 is 9.53 Å². The molecule has 0 atom stereocenters. The molecular weight excluding hydrogens is 244 g/mol. The smallest absolute Gasteiger partial charge is 0.221 e. The predicted molar refractivity (Wildman–Crippen MR) is 65.0 cm³/mol. The van der Waals surface area contributed by atoms with Crippen molar-refractivity contribution >= 4 is 23.3 Å². The largest absolute Gasteiger partial charge is 0.383 e. The molecule has 17 heavy (non-hydrogen) atoms. The van der Waals surface area contributed by atoms with Gasteiger partial charge < -0.3 is 15.4 Å². The second kappa shape index (κ2) is 7.81. The Bertz CT molecular complexity index is 362. The first kappa shape index (κ1) is 13.7. The van der Waals surface area contributed by atoms with Crippen LogP contribution in [0.25, 0.3) is 0 Å². The maximum Gasteiger partial charge on any atom is 0.221 e. The molecule has 0 aliphatic rings. The summed E-state index contributed by atoms with van der Waals surface area (Å²) in [7, 11) is 1.59. The van der Waals surface area contributed by atoms with Crippen LogP contribution in [0.4, 0.5) is 5.82 Å². The lowest BCUT2D eigenvalue weighted by Crippen LogP contribution is -2.28. The van der Waals surface area contributed by atoms with E-state index in [2.05, 4.69) is 20.6 Å². The quantitative estimate of drug-likeness (QED) is 0.704. The van der Waals surface area contributed by atoms with Crippen LogP contribution in [-0.4, -0.2) is 42.7 Å². The van der Waals surface area contributed by atoms with Crippen molar-refractivity contribution in [3.8, 4) is 0 Å². The zero-order valence-electron chi connectivity index (χ0n) is 9.57. The maximum atomic E-state index is 11.3. The standard InChI is InChI=1S/C10H15ClN4O2/c1-17-7-6-12-8(16)2-3-14-10-9(11)13-4-5-15-10/h4-5H,2-3,6-7H2,1H3,(H,12,16)(H,14,15). The van der Waals surface area contributed by atoms with E-state index in [0.29, 0.717) is 37.1 Å². The Morgan fingerprint density at radius 3 is 2.88 bits per heavy atom. The van der Waals surface area contributed by atoms with Gasteiger partial charge in [-0.05, 0) is 0 Å². The average molecular weight is 259 g/mol. The van der Waals surface area contributed by atoms with E-state index in [9.17, 15) is 4.79 Å². The fourth-order valence-electron chi connectivity index (χ4n) is 1.11. The summed E-state index contributed by atoms with van der Waals surface area (Å²) in [6.07, 6.45) is 3.38. The zero-order chi connectivity index (χ0) is 12.5. The fourth-order valence-corrected chi connectivity index (χ4v) is 1.29. The minimum Gasteiger partial charge on any atom is -0.383 e. The second-order valence-corrected chi connectivity index (χ2v) is 3.57. The summed E-state index contributed by atoms with van der Waals surface area (Å²) in [6.45, 7) is 1.48. The normalized spacial score (nSPS) is 10.0. The first-order valence-electron chi connectivity index (χ1n) is 5.20. The predicted octanol–water partition coefficient (Wildman–Crippen LogP) is 0.695. The number of nitrogens with zero attached hydrogens (tertiary/aromatic N) is 2. The van der Waals surface area contributed by atoms with Gasteiger partial charge in [0.15, 0.2) is 11.0 Å². The van der Waals surface area contributed by atoms with Gasteiger partial charge in [0.25, 0.3) is 0 Å². The summed E-state index contributed by atoms with van der Waals surface area (Å²) < 4.78 is 4.82. The zero-order valence-corrected chi connectivity index (χ0v) is 10.3. The number of amides is 1. The summed E-state index contributed by atoms with van der Waals surface area (Å²) in [5.74, 6) is 0.438. The third kappa shape index (κ3) is 5.46. The molecule has 2 N–H and O–H groups in total. The van der Waals surface area contributed by atoms with E-state index in [0.717, 1.165) is 0 Å². The van der Waals surface area contributed by atoms with Gasteiger partial charge in [-0.2, -0.15) is 0 Å². The number of methoxy groups -OCH3 is 1. The molecule has 7 heteroatoms. The summed E-state index contributed by atoms with van der Waals surface area (Å²) in [6, 6.07) is 0. The Morgan fingerprint density at radius 1 is 1.41 bits per heavy atom. The van der Waals surface area contributed by atoms with Gasteiger partial charge in [0, 0.05) is 39.0 Å². The highest BCUT2D eigenvalue weighted by Crippen LogP contribution is 2.13. The van der Waals surface area contributed by atoms with Gasteiger partial charge in [-0.3, -0.25) is 4.79 Å². The van der Waals surface area contributed by atoms with Gasteiger partial charge in [0.1, 0.15) is 0 Å². The second-order valence-electron chi connectivity index (χ2n) is 3.22. The number of hydrogen-bond donors (Lipinski definition) is 2. The van der Waals surface area contributed by atoms with E-state index in [1.807, 2.05) is 0 Å². The molecule has 0 radical (unpaired) electrons. The number of carbonyl (C=O) groups is 1. The van der Waals surface area contributed by atoms with Gasteiger partial charge in [-0.25, -0.2) is 9.97 Å². The van der Waals surface area contributed by atoms with Crippen LogP contribution in [-0.2, 0) is 9.53 Å². The first-order chi connectivity index (χ1) is 8.24. The molecule has 0 spiro atoms. The number of halogens is 1. The van der Waals surface area contributed by atoms with Crippen LogP contribution in [0.1, 0.15) is 6.42 Å². The van der Waals surface area contributed by atoms with Gasteiger partial charge in [0.05, 0.1) is 6.61 Å². The lowest BCUT2D eigenvalue weighted by atomic mass is 10.4. The van der Waals surface area contributed by atoms with E-state index in [1.165, 1.54) is 12.4 Å². The molecule has 0 aromatic carbocycles. The number of anilines is 1. The van der Waals surface area contributed by atoms with Gasteiger partial charge in [0.2, 0.25) is 5.91 Å². The summed E-state index contributed by atoms with van der Waals surface area (Å²) in [5, 5.41) is 5.95. The highest BCUT2D eigenvalue weighted by Gasteiger charge is 2.03. The average Bonchev–Trinajstić information content (AvgIpc) is 2.32. The lowest BCUT2D eigenvalue weighted by molar-refractivity contribution is -0.121. The lowest BCUT2D eigenvalue weighted by Gasteiger charge is -2.07. The highest BCUT2D eigenvalue weighted by molar-refractivity contribution is 6.31. The molecule has 0 aliphatic heterocycles. The molecule has 1 heterocycles. The van der Waals surface area contributed by atoms with Crippen LogP contribution in [0.2, 0.25) is 5.15 Å². The summed E-state index contributed by atoms with van der Waals surface area (Å²) >= 11 is 5.79. The van der Waals surface area contributed by atoms with Crippen molar-refractivity contribution in [2.45, 2.75) is 6.42 Å². The van der Waals surface area contributed by atoms with Gasteiger partial charge in [-0.15, -0.1) is 0 Å². The maximum absolute atomic E-state index is 11.3. The Kier molecular flexibility index (Phi) is 6.27. The van der Waals surface area contributed by atoms with Gasteiger partial charge >= 0.3 is 0 Å². The van der Waals surface area contributed by atoms with Gasteiger partial charge in [-0.1, -0.05) is 11.6 Å². The molecule has 1 rings (SSSR count). The van der Waals surface area contributed by atoms with Crippen LogP contribution < -0.4 is 10.6 Å². The number of rotatable bonds is 7. The molecule has 0 fully saturated rings. The molecule has 1 aromatic rings. The van der Waals surface area contributed by atoms with Crippen LogP contribution in [0.15, 0.2) is 12.4 Å². The number of carbonyl (C=O) groups excluding carboxylic acids is 1. The highest BCUT2D eigenvalue weighted by atomic mass is 35.5. The molecule has 0 bridgehead atoms. The minimum atomic E-state index is -0.0467. The van der Waals surface area contributed by atoms with Crippen molar-refractivity contribution in [2.24, 2.45) is 0 Å². The van der Waals surface area contributed by atoms with Crippen LogP contribution in [0.3, 0.4) is 0 Å². The topological polar surface area (TPSA) is 76.1 Å². The number of nitrogens with one attached hydrogen (secondary N) is 2. The molecular formula is C10H15ClN4O2. The van der Waals surface area contributed by atoms with Crippen LogP contribution >= 0.6 is 11.6 Å². The monoisotopic (exact) mass is 258 g/mol. The van der Waals surface area contributed by atoms with E-state index in [4.69, 9.17) is 16.3 Å². The molecule has 94 valence electrons. The molecule has 1 aromatic heterocycles. The SMILES string of the molecule is COCCNC(=O)CCNc1nccnc1Cl. The van der Waals surface area contributed by atoms with Crippen molar-refractivity contribution in [1.82, 2.24) is 15.3 Å². The van der Waals surface area contributed by atoms with E-state index in [-0.39, 0.29) is 5.91 Å². The van der Waals surface area contributed by atoms with E-state index >= 15 is 0 Å². The third-order valence-corrected chi connectivity index (χ3v) is 2.20. The Morgan fingerprint density at radius 2 is 2.18 bits per heavy atom. The van der Waals surface area contributed by atoms with Crippen molar-refractivity contribution in [1.29, 1.82) is 0 Å². The summed E-state index contributed by atoms with van der Waals surface area (Å²) in [4.78, 5) is 19.2. The molecule has 6 nitrogen and oxygen atoms in total. The minimum absolute atomic E-state index is 0.0467. The molecule has 0 saturated heterocycles. The summed E-state index contributed by atoms with van der Waals surface area (Å²) in [5.41, 5.74) is 0. The number of ether oxygens (including phenoxy) is 1. The van der Waals surface area contributed by atoms with Crippen molar-refractivity contribution in [3.05, 3.63) is 17.5 Å². The number of hydrogen-bond acceptors (Lipinski definition) is 5. The number of aromatic nitrogens is 2. The third-order valence-electron chi connectivity index (χ3n) is 1.93. The molecule has 0 unspecified atom stereocenters. The van der Waals surface area contributed by atoms with Crippen molar-refractivity contribution in [2.75, 3.05) is 32.1 Å². The Labute approximate surface area is 105 Å². The van der Waals surface area contributed by atoms with Crippen molar-refractivity contribution in [3.63, 3.8) is 0 Å². The fraction of sp³-hybridized carbons (Fsp3) is 0.500. The van der Waals surface area contributed by atoms with E-state index in [1.54, 1.807) is 7.11 Å². The van der Waals surface area contributed by atoms with E-state index < -0.39 is 0 Å². The molecule has 0 saturated carbocycles. The first-order valence-corrected chi connectivity index (χ1v) is 5.58.